The van der Waals surface area contributed by atoms with Crippen LogP contribution in [0.3, 0.4) is 0 Å². The van der Waals surface area contributed by atoms with Crippen molar-refractivity contribution in [1.29, 1.82) is 0 Å². The average molecular weight is 457 g/mol. The second-order valence-electron chi connectivity index (χ2n) is 9.74. The van der Waals surface area contributed by atoms with Crippen LogP contribution < -0.4 is 10.2 Å². The third-order valence-electron chi connectivity index (χ3n) is 7.54. The lowest BCUT2D eigenvalue weighted by Gasteiger charge is -2.44. The lowest BCUT2D eigenvalue weighted by atomic mass is 9.73. The van der Waals surface area contributed by atoms with E-state index in [-0.39, 0.29) is 5.82 Å². The summed E-state index contributed by atoms with van der Waals surface area (Å²) in [5.74, 6) is 0.729. The van der Waals surface area contributed by atoms with Gasteiger partial charge in [-0.05, 0) is 92.6 Å². The first-order valence-corrected chi connectivity index (χ1v) is 12.1. The number of halogens is 1. The van der Waals surface area contributed by atoms with Gasteiger partial charge >= 0.3 is 0 Å². The molecule has 0 saturated carbocycles. The van der Waals surface area contributed by atoms with Gasteiger partial charge in [0.2, 0.25) is 0 Å². The van der Waals surface area contributed by atoms with Gasteiger partial charge in [-0.3, -0.25) is 4.98 Å². The quantitative estimate of drug-likeness (QED) is 0.476. The van der Waals surface area contributed by atoms with Gasteiger partial charge in [-0.2, -0.15) is 0 Å². The summed E-state index contributed by atoms with van der Waals surface area (Å²) in [4.78, 5) is 11.6. The lowest BCUT2D eigenvalue weighted by Crippen LogP contribution is -2.48. The van der Waals surface area contributed by atoms with E-state index in [1.165, 1.54) is 37.8 Å². The van der Waals surface area contributed by atoms with Crippen LogP contribution in [0.15, 0.2) is 54.9 Å². The molecule has 0 unspecified atom stereocenters. The maximum Gasteiger partial charge on any atom is 0.158 e. The van der Waals surface area contributed by atoms with Crippen molar-refractivity contribution in [3.63, 3.8) is 0 Å². The standard InChI is InChI=1S/C27H29FN6/c1-19-17-23(33-15-10-27(11-16-33)9-2-12-30-18-27)32-34-25(21-7-13-29-14-8-21)24(31-26(19)34)20-3-5-22(28)6-4-20/h3-8,13-14,17,30H,2,9-12,15-16,18H2,1H3. The first kappa shape index (κ1) is 21.2. The number of hydrogen-bond acceptors (Lipinski definition) is 5. The van der Waals surface area contributed by atoms with Gasteiger partial charge in [-0.1, -0.05) is 0 Å². The number of nitrogens with one attached hydrogen (secondary N) is 1. The minimum atomic E-state index is -0.259. The predicted octanol–water partition coefficient (Wildman–Crippen LogP) is 4.88. The molecular formula is C27H29FN6. The van der Waals surface area contributed by atoms with Crippen molar-refractivity contribution in [2.45, 2.75) is 32.6 Å². The Bertz CT molecular complexity index is 1300. The van der Waals surface area contributed by atoms with Crippen LogP contribution in [0.1, 0.15) is 31.2 Å². The van der Waals surface area contributed by atoms with Crippen LogP contribution in [0, 0.1) is 18.2 Å². The van der Waals surface area contributed by atoms with E-state index in [4.69, 9.17) is 10.1 Å². The van der Waals surface area contributed by atoms with Crippen LogP contribution in [-0.2, 0) is 0 Å². The SMILES string of the molecule is Cc1cc(N2CCC3(CCCNC3)CC2)nn2c(-c3ccncc3)c(-c3ccc(F)cc3)nc12. The topological polar surface area (TPSA) is 58.4 Å². The van der Waals surface area contributed by atoms with Crippen LogP contribution >= 0.6 is 0 Å². The van der Waals surface area contributed by atoms with Crippen molar-refractivity contribution < 1.29 is 4.39 Å². The minimum absolute atomic E-state index is 0.259. The number of pyridine rings is 1. The Hall–Kier alpha value is -3.32. The fourth-order valence-electron chi connectivity index (χ4n) is 5.55. The maximum absolute atomic E-state index is 13.6. The van der Waals surface area contributed by atoms with Crippen LogP contribution in [0.25, 0.3) is 28.2 Å². The molecule has 0 atom stereocenters. The van der Waals surface area contributed by atoms with Gasteiger partial charge in [0, 0.05) is 43.2 Å². The molecule has 2 fully saturated rings. The molecule has 1 aromatic carbocycles. The number of anilines is 1. The third-order valence-corrected chi connectivity index (χ3v) is 7.54. The summed E-state index contributed by atoms with van der Waals surface area (Å²) in [6.45, 7) is 6.42. The molecule has 6 nitrogen and oxygen atoms in total. The molecule has 0 bridgehead atoms. The molecule has 2 aliphatic heterocycles. The van der Waals surface area contributed by atoms with Crippen molar-refractivity contribution in [2.75, 3.05) is 31.1 Å². The Labute approximate surface area is 198 Å². The zero-order chi connectivity index (χ0) is 23.1. The van der Waals surface area contributed by atoms with Crippen LogP contribution in [0.4, 0.5) is 10.2 Å². The van der Waals surface area contributed by atoms with Crippen LogP contribution in [0.5, 0.6) is 0 Å². The molecule has 2 saturated heterocycles. The van der Waals surface area contributed by atoms with Crippen molar-refractivity contribution in [3.8, 4) is 22.5 Å². The number of benzene rings is 1. The molecule has 3 aromatic heterocycles. The van der Waals surface area contributed by atoms with Crippen molar-refractivity contribution in [3.05, 3.63) is 66.2 Å². The highest BCUT2D eigenvalue weighted by atomic mass is 19.1. The van der Waals surface area contributed by atoms with Gasteiger partial charge in [0.1, 0.15) is 17.3 Å². The Balaban J connectivity index is 1.43. The molecule has 6 rings (SSSR count). The van der Waals surface area contributed by atoms with Crippen molar-refractivity contribution in [2.24, 2.45) is 5.41 Å². The highest BCUT2D eigenvalue weighted by Gasteiger charge is 2.36. The monoisotopic (exact) mass is 456 g/mol. The smallest absolute Gasteiger partial charge is 0.158 e. The number of aryl methyl sites for hydroxylation is 1. The summed E-state index contributed by atoms with van der Waals surface area (Å²) in [7, 11) is 0. The van der Waals surface area contributed by atoms with E-state index < -0.39 is 0 Å². The summed E-state index contributed by atoms with van der Waals surface area (Å²) in [6.07, 6.45) is 8.56. The molecule has 0 aliphatic carbocycles. The fraction of sp³-hybridized carbons (Fsp3) is 0.370. The molecule has 34 heavy (non-hydrogen) atoms. The molecule has 0 radical (unpaired) electrons. The molecule has 7 heteroatoms. The number of hydrogen-bond donors (Lipinski definition) is 1. The zero-order valence-electron chi connectivity index (χ0n) is 19.5. The normalized spacial score (nSPS) is 18.0. The van der Waals surface area contributed by atoms with Gasteiger partial charge < -0.3 is 10.2 Å². The Morgan fingerprint density at radius 2 is 1.74 bits per heavy atom. The van der Waals surface area contributed by atoms with Crippen LogP contribution in [-0.4, -0.2) is 45.8 Å². The molecule has 5 heterocycles. The molecule has 0 amide bonds. The summed E-state index contributed by atoms with van der Waals surface area (Å²) < 4.78 is 15.6. The molecule has 174 valence electrons. The van der Waals surface area contributed by atoms with Crippen molar-refractivity contribution >= 4 is 11.5 Å². The molecule has 1 N–H and O–H groups in total. The summed E-state index contributed by atoms with van der Waals surface area (Å²) >= 11 is 0. The van der Waals surface area contributed by atoms with Crippen molar-refractivity contribution in [1.82, 2.24) is 24.9 Å². The molecule has 4 aromatic rings. The van der Waals surface area contributed by atoms with E-state index in [0.717, 1.165) is 65.7 Å². The van der Waals surface area contributed by atoms with Gasteiger partial charge in [0.05, 0.1) is 5.69 Å². The van der Waals surface area contributed by atoms with Gasteiger partial charge in [0.15, 0.2) is 5.65 Å². The van der Waals surface area contributed by atoms with E-state index in [2.05, 4.69) is 28.2 Å². The number of aromatic nitrogens is 4. The first-order valence-electron chi connectivity index (χ1n) is 12.1. The second kappa shape index (κ2) is 8.47. The Morgan fingerprint density at radius 1 is 0.971 bits per heavy atom. The van der Waals surface area contributed by atoms with Gasteiger partial charge in [-0.25, -0.2) is 13.9 Å². The molecule has 1 spiro atoms. The number of piperidine rings is 2. The Morgan fingerprint density at radius 3 is 2.44 bits per heavy atom. The van der Waals surface area contributed by atoms with E-state index >= 15 is 0 Å². The largest absolute Gasteiger partial charge is 0.355 e. The number of nitrogens with zero attached hydrogens (tertiary/aromatic N) is 5. The fourth-order valence-corrected chi connectivity index (χ4v) is 5.55. The van der Waals surface area contributed by atoms with E-state index in [0.29, 0.717) is 5.41 Å². The first-order chi connectivity index (χ1) is 16.6. The minimum Gasteiger partial charge on any atom is -0.355 e. The van der Waals surface area contributed by atoms with Gasteiger partial charge in [-0.15, -0.1) is 5.10 Å². The van der Waals surface area contributed by atoms with Crippen LogP contribution in [0.2, 0.25) is 0 Å². The lowest BCUT2D eigenvalue weighted by molar-refractivity contribution is 0.161. The average Bonchev–Trinajstić information content (AvgIpc) is 3.26. The molecule has 2 aliphatic rings. The van der Waals surface area contributed by atoms with E-state index in [9.17, 15) is 4.39 Å². The number of fused-ring (bicyclic) bond motifs is 1. The molecular weight excluding hydrogens is 427 g/mol. The zero-order valence-corrected chi connectivity index (χ0v) is 19.5. The Kier molecular flexibility index (Phi) is 5.29. The van der Waals surface area contributed by atoms with E-state index in [1.807, 2.05) is 16.6 Å². The highest BCUT2D eigenvalue weighted by Crippen LogP contribution is 2.39. The third kappa shape index (κ3) is 3.74. The summed E-state index contributed by atoms with van der Waals surface area (Å²) in [5, 5.41) is 8.71. The second-order valence-corrected chi connectivity index (χ2v) is 9.74. The maximum atomic E-state index is 13.6. The highest BCUT2D eigenvalue weighted by molar-refractivity contribution is 5.82. The summed E-state index contributed by atoms with van der Waals surface area (Å²) in [5.41, 5.74) is 5.89. The van der Waals surface area contributed by atoms with Gasteiger partial charge in [0.25, 0.3) is 0 Å². The number of imidazole rings is 1. The predicted molar refractivity (Wildman–Crippen MR) is 132 cm³/mol. The van der Waals surface area contributed by atoms with E-state index in [1.54, 1.807) is 24.5 Å². The summed E-state index contributed by atoms with van der Waals surface area (Å²) in [6, 6.07) is 12.6. The number of rotatable bonds is 3.